The van der Waals surface area contributed by atoms with Crippen molar-refractivity contribution >= 4 is 22.5 Å². The van der Waals surface area contributed by atoms with Gasteiger partial charge in [0.1, 0.15) is 5.15 Å². The molecule has 0 fully saturated rings. The number of benzene rings is 1. The van der Waals surface area contributed by atoms with Gasteiger partial charge < -0.3 is 5.73 Å². The summed E-state index contributed by atoms with van der Waals surface area (Å²) in [7, 11) is 0. The first-order valence-electron chi connectivity index (χ1n) is 5.00. The minimum atomic E-state index is 0.260. The van der Waals surface area contributed by atoms with Crippen LogP contribution in [-0.2, 0) is 6.54 Å². The number of nitrogens with zero attached hydrogens (tertiary/aromatic N) is 2. The van der Waals surface area contributed by atoms with E-state index < -0.39 is 0 Å². The van der Waals surface area contributed by atoms with Gasteiger partial charge in [-0.05, 0) is 25.5 Å². The standard InChI is InChI=1S/C11H14ClN3/c1-7(2)15-11(12)10-8(6-13)4-3-5-9(10)14-15/h3-5,7H,6,13H2,1-2H3. The third-order valence-electron chi connectivity index (χ3n) is 2.46. The van der Waals surface area contributed by atoms with Gasteiger partial charge in [-0.1, -0.05) is 23.7 Å². The van der Waals surface area contributed by atoms with Gasteiger partial charge >= 0.3 is 0 Å². The monoisotopic (exact) mass is 223 g/mol. The second-order valence-corrected chi connectivity index (χ2v) is 4.20. The Balaban J connectivity index is 2.77. The molecule has 0 saturated carbocycles. The second kappa shape index (κ2) is 3.83. The van der Waals surface area contributed by atoms with Gasteiger partial charge in [-0.3, -0.25) is 4.68 Å². The summed E-state index contributed by atoms with van der Waals surface area (Å²) in [5, 5.41) is 6.11. The molecule has 3 nitrogen and oxygen atoms in total. The molecule has 0 amide bonds. The van der Waals surface area contributed by atoms with Crippen LogP contribution in [-0.4, -0.2) is 9.78 Å². The molecule has 0 saturated heterocycles. The SMILES string of the molecule is CC(C)n1nc2cccc(CN)c2c1Cl. The smallest absolute Gasteiger partial charge is 0.135 e. The van der Waals surface area contributed by atoms with Gasteiger partial charge in [-0.25, -0.2) is 0 Å². The highest BCUT2D eigenvalue weighted by Gasteiger charge is 2.13. The molecule has 0 spiro atoms. The van der Waals surface area contributed by atoms with Crippen LogP contribution in [0, 0.1) is 0 Å². The van der Waals surface area contributed by atoms with Crippen molar-refractivity contribution in [3.05, 3.63) is 28.9 Å². The molecule has 0 aliphatic heterocycles. The van der Waals surface area contributed by atoms with Crippen molar-refractivity contribution in [1.29, 1.82) is 0 Å². The molecular formula is C11H14ClN3. The fourth-order valence-electron chi connectivity index (χ4n) is 1.69. The second-order valence-electron chi connectivity index (χ2n) is 3.84. The lowest BCUT2D eigenvalue weighted by atomic mass is 10.1. The van der Waals surface area contributed by atoms with Crippen LogP contribution in [0.4, 0.5) is 0 Å². The Kier molecular flexibility index (Phi) is 2.67. The fourth-order valence-corrected chi connectivity index (χ4v) is 2.15. The zero-order valence-corrected chi connectivity index (χ0v) is 9.62. The molecule has 2 N–H and O–H groups in total. The molecule has 1 aromatic heterocycles. The number of halogens is 1. The number of hydrogen-bond donors (Lipinski definition) is 1. The lowest BCUT2D eigenvalue weighted by Gasteiger charge is -2.05. The van der Waals surface area contributed by atoms with Gasteiger partial charge in [-0.15, -0.1) is 0 Å². The summed E-state index contributed by atoms with van der Waals surface area (Å²) >= 11 is 6.28. The Morgan fingerprint density at radius 3 is 2.80 bits per heavy atom. The fraction of sp³-hybridized carbons (Fsp3) is 0.364. The third-order valence-corrected chi connectivity index (χ3v) is 2.82. The summed E-state index contributed by atoms with van der Waals surface area (Å²) in [5.74, 6) is 0. The molecule has 2 rings (SSSR count). The Hall–Kier alpha value is -1.06. The Bertz CT molecular complexity index is 488. The topological polar surface area (TPSA) is 43.8 Å². The molecule has 1 heterocycles. The molecular weight excluding hydrogens is 210 g/mol. The van der Waals surface area contributed by atoms with Gasteiger partial charge in [-0.2, -0.15) is 5.10 Å². The van der Waals surface area contributed by atoms with E-state index in [0.717, 1.165) is 16.5 Å². The number of hydrogen-bond acceptors (Lipinski definition) is 2. The Labute approximate surface area is 93.8 Å². The summed E-state index contributed by atoms with van der Waals surface area (Å²) in [4.78, 5) is 0. The number of nitrogens with two attached hydrogens (primary N) is 1. The van der Waals surface area contributed by atoms with Crippen molar-refractivity contribution in [3.8, 4) is 0 Å². The van der Waals surface area contributed by atoms with Gasteiger partial charge in [0, 0.05) is 18.0 Å². The van der Waals surface area contributed by atoms with E-state index in [0.29, 0.717) is 11.7 Å². The first kappa shape index (κ1) is 10.5. The van der Waals surface area contributed by atoms with Crippen LogP contribution in [0.25, 0.3) is 10.9 Å². The van der Waals surface area contributed by atoms with Crippen LogP contribution in [0.1, 0.15) is 25.5 Å². The van der Waals surface area contributed by atoms with Crippen molar-refractivity contribution < 1.29 is 0 Å². The molecule has 2 aromatic rings. The van der Waals surface area contributed by atoms with E-state index in [1.54, 1.807) is 0 Å². The van der Waals surface area contributed by atoms with Crippen LogP contribution in [0.3, 0.4) is 0 Å². The highest BCUT2D eigenvalue weighted by molar-refractivity contribution is 6.34. The van der Waals surface area contributed by atoms with E-state index >= 15 is 0 Å². The van der Waals surface area contributed by atoms with Crippen LogP contribution < -0.4 is 5.73 Å². The maximum Gasteiger partial charge on any atom is 0.135 e. The molecule has 0 unspecified atom stereocenters. The van der Waals surface area contributed by atoms with E-state index in [1.165, 1.54) is 0 Å². The summed E-state index contributed by atoms with van der Waals surface area (Å²) < 4.78 is 1.82. The average Bonchev–Trinajstić information content (AvgIpc) is 2.56. The lowest BCUT2D eigenvalue weighted by molar-refractivity contribution is 0.538. The van der Waals surface area contributed by atoms with Gasteiger partial charge in [0.2, 0.25) is 0 Å². The number of aromatic nitrogens is 2. The van der Waals surface area contributed by atoms with Crippen molar-refractivity contribution in [2.75, 3.05) is 0 Å². The van der Waals surface area contributed by atoms with Gasteiger partial charge in [0.05, 0.1) is 5.52 Å². The predicted molar refractivity (Wildman–Crippen MR) is 63.0 cm³/mol. The zero-order chi connectivity index (χ0) is 11.0. The summed E-state index contributed by atoms with van der Waals surface area (Å²) in [6.45, 7) is 4.60. The maximum atomic E-state index is 6.28. The molecule has 0 radical (unpaired) electrons. The van der Waals surface area contributed by atoms with Gasteiger partial charge in [0.15, 0.2) is 0 Å². The highest BCUT2D eigenvalue weighted by Crippen LogP contribution is 2.28. The maximum absolute atomic E-state index is 6.28. The number of fused-ring (bicyclic) bond motifs is 1. The van der Waals surface area contributed by atoms with E-state index in [-0.39, 0.29) is 6.04 Å². The molecule has 0 bridgehead atoms. The summed E-state index contributed by atoms with van der Waals surface area (Å²) in [5.41, 5.74) is 7.63. The Morgan fingerprint density at radius 2 is 2.20 bits per heavy atom. The van der Waals surface area contributed by atoms with Crippen molar-refractivity contribution in [2.24, 2.45) is 5.73 Å². The Morgan fingerprint density at radius 1 is 1.47 bits per heavy atom. The van der Waals surface area contributed by atoms with Crippen molar-refractivity contribution in [2.45, 2.75) is 26.4 Å². The molecule has 15 heavy (non-hydrogen) atoms. The van der Waals surface area contributed by atoms with Crippen LogP contribution >= 0.6 is 11.6 Å². The lowest BCUT2D eigenvalue weighted by Crippen LogP contribution is -2.02. The van der Waals surface area contributed by atoms with E-state index in [1.807, 2.05) is 22.9 Å². The zero-order valence-electron chi connectivity index (χ0n) is 8.87. The van der Waals surface area contributed by atoms with Crippen LogP contribution in [0.5, 0.6) is 0 Å². The number of rotatable bonds is 2. The minimum Gasteiger partial charge on any atom is -0.326 e. The predicted octanol–water partition coefficient (Wildman–Crippen LogP) is 2.73. The van der Waals surface area contributed by atoms with E-state index in [4.69, 9.17) is 17.3 Å². The van der Waals surface area contributed by atoms with Crippen LogP contribution in [0.2, 0.25) is 5.15 Å². The first-order chi connectivity index (χ1) is 7.15. The van der Waals surface area contributed by atoms with Crippen LogP contribution in [0.15, 0.2) is 18.2 Å². The summed E-state index contributed by atoms with van der Waals surface area (Å²) in [6.07, 6.45) is 0. The van der Waals surface area contributed by atoms with E-state index in [2.05, 4.69) is 18.9 Å². The molecule has 0 aliphatic carbocycles. The third kappa shape index (κ3) is 1.62. The first-order valence-corrected chi connectivity index (χ1v) is 5.38. The molecule has 0 aliphatic rings. The van der Waals surface area contributed by atoms with Gasteiger partial charge in [0.25, 0.3) is 0 Å². The minimum absolute atomic E-state index is 0.260. The van der Waals surface area contributed by atoms with Crippen molar-refractivity contribution in [1.82, 2.24) is 9.78 Å². The molecule has 0 atom stereocenters. The molecule has 1 aromatic carbocycles. The quantitative estimate of drug-likeness (QED) is 0.851. The largest absolute Gasteiger partial charge is 0.326 e. The van der Waals surface area contributed by atoms with Crippen molar-refractivity contribution in [3.63, 3.8) is 0 Å². The highest BCUT2D eigenvalue weighted by atomic mass is 35.5. The van der Waals surface area contributed by atoms with E-state index in [9.17, 15) is 0 Å². The summed E-state index contributed by atoms with van der Waals surface area (Å²) in [6, 6.07) is 6.16. The average molecular weight is 224 g/mol. The molecule has 4 heteroatoms. The normalized spacial score (nSPS) is 11.5. The molecule has 80 valence electrons.